The molecule has 3 atom stereocenters. The van der Waals surface area contributed by atoms with E-state index in [2.05, 4.69) is 5.32 Å². The first kappa shape index (κ1) is 36.3. The predicted octanol–water partition coefficient (Wildman–Crippen LogP) is 0.0192. The molecule has 234 valence electrons. The molecule has 0 aromatic carbocycles. The van der Waals surface area contributed by atoms with Gasteiger partial charge in [-0.25, -0.2) is 0 Å². The molecule has 0 bridgehead atoms. The fraction of sp³-hybridized carbons (Fsp3) is 0.889. The van der Waals surface area contributed by atoms with E-state index in [1.165, 1.54) is 4.90 Å². The van der Waals surface area contributed by atoms with Gasteiger partial charge in [0.25, 0.3) is 0 Å². The molecule has 40 heavy (non-hydrogen) atoms. The summed E-state index contributed by atoms with van der Waals surface area (Å²) >= 11 is 0. The monoisotopic (exact) mass is 578 g/mol. The minimum atomic E-state index is -0.779. The number of ether oxygens (including phenoxy) is 7. The van der Waals surface area contributed by atoms with Gasteiger partial charge in [-0.3, -0.25) is 19.3 Å². The number of aliphatic hydroxyl groups is 1. The topological polar surface area (TPSA) is 151 Å². The van der Waals surface area contributed by atoms with Crippen LogP contribution in [0.25, 0.3) is 0 Å². The average molecular weight is 579 g/mol. The van der Waals surface area contributed by atoms with Crippen molar-refractivity contribution in [3.8, 4) is 0 Å². The zero-order valence-corrected chi connectivity index (χ0v) is 24.6. The van der Waals surface area contributed by atoms with E-state index in [1.807, 2.05) is 13.8 Å². The number of methoxy groups -OCH3 is 2. The summed E-state index contributed by atoms with van der Waals surface area (Å²) in [6, 6.07) is 0. The molecule has 13 heteroatoms. The number of hydrogen-bond acceptors (Lipinski definition) is 11. The molecular weight excluding hydrogens is 528 g/mol. The number of amides is 3. The van der Waals surface area contributed by atoms with Crippen LogP contribution in [0.2, 0.25) is 0 Å². The Hall–Kier alpha value is -1.71. The summed E-state index contributed by atoms with van der Waals surface area (Å²) in [4.78, 5) is 37.6. The molecule has 1 fully saturated rings. The Bertz CT molecular complexity index is 695. The van der Waals surface area contributed by atoms with Crippen molar-refractivity contribution in [2.75, 3.05) is 100.0 Å². The molecule has 0 aromatic heterocycles. The van der Waals surface area contributed by atoms with Crippen LogP contribution in [0.4, 0.5) is 0 Å². The van der Waals surface area contributed by atoms with Gasteiger partial charge in [0.15, 0.2) is 0 Å². The van der Waals surface area contributed by atoms with E-state index in [0.717, 1.165) is 0 Å². The third kappa shape index (κ3) is 16.5. The summed E-state index contributed by atoms with van der Waals surface area (Å²) in [5.74, 6) is -0.815. The van der Waals surface area contributed by atoms with Gasteiger partial charge in [-0.1, -0.05) is 13.8 Å². The smallest absolute Gasteiger partial charge is 0.233 e. The lowest BCUT2D eigenvalue weighted by atomic mass is 9.94. The maximum absolute atomic E-state index is 12.3. The number of likely N-dealkylation sites (tertiary alicyclic amines) is 1. The van der Waals surface area contributed by atoms with Crippen molar-refractivity contribution in [3.63, 3.8) is 0 Å². The second kappa shape index (κ2) is 22.9. The molecule has 2 N–H and O–H groups in total. The maximum Gasteiger partial charge on any atom is 0.233 e. The predicted molar refractivity (Wildman–Crippen MR) is 145 cm³/mol. The van der Waals surface area contributed by atoms with Crippen LogP contribution < -0.4 is 5.32 Å². The number of imide groups is 1. The summed E-state index contributed by atoms with van der Waals surface area (Å²) < 4.78 is 37.6. The molecule has 3 amide bonds. The number of nitrogens with zero attached hydrogens (tertiary/aromatic N) is 1. The molecule has 3 unspecified atom stereocenters. The highest BCUT2D eigenvalue weighted by Gasteiger charge is 2.39. The number of carbonyl (C=O) groups excluding carboxylic acids is 3. The van der Waals surface area contributed by atoms with Crippen molar-refractivity contribution in [1.29, 1.82) is 0 Å². The molecule has 0 spiro atoms. The lowest BCUT2D eigenvalue weighted by Crippen LogP contribution is -2.36. The lowest BCUT2D eigenvalue weighted by molar-refractivity contribution is -0.140. The SMILES string of the molecule is COCCOCC(COCCOCC(O)COCCCNC(=O)CCN1C(=O)CC(C(C)C)C1=O)OCCOC. The summed E-state index contributed by atoms with van der Waals surface area (Å²) in [6.07, 6.45) is -0.150. The van der Waals surface area contributed by atoms with Crippen LogP contribution in [0.15, 0.2) is 0 Å². The zero-order valence-electron chi connectivity index (χ0n) is 24.6. The van der Waals surface area contributed by atoms with E-state index in [-0.39, 0.29) is 68.3 Å². The maximum atomic E-state index is 12.3. The van der Waals surface area contributed by atoms with Gasteiger partial charge in [0, 0.05) is 52.7 Å². The second-order valence-electron chi connectivity index (χ2n) is 9.82. The molecule has 1 saturated heterocycles. The quantitative estimate of drug-likeness (QED) is 0.106. The molecule has 0 aliphatic carbocycles. The minimum absolute atomic E-state index is 0.0760. The normalized spacial score (nSPS) is 17.1. The fourth-order valence-corrected chi connectivity index (χ4v) is 3.79. The van der Waals surface area contributed by atoms with Crippen molar-refractivity contribution in [2.24, 2.45) is 11.8 Å². The highest BCUT2D eigenvalue weighted by molar-refractivity contribution is 6.03. The van der Waals surface area contributed by atoms with E-state index in [4.69, 9.17) is 33.2 Å². The zero-order chi connectivity index (χ0) is 29.6. The Morgan fingerprint density at radius 3 is 2.08 bits per heavy atom. The Balaban J connectivity index is 2.02. The molecule has 0 saturated carbocycles. The number of rotatable bonds is 26. The van der Waals surface area contributed by atoms with Gasteiger partial charge in [0.05, 0.1) is 66.1 Å². The van der Waals surface area contributed by atoms with Gasteiger partial charge in [0.1, 0.15) is 12.2 Å². The van der Waals surface area contributed by atoms with Crippen LogP contribution in [-0.4, -0.2) is 140 Å². The summed E-state index contributed by atoms with van der Waals surface area (Å²) in [6.45, 7) is 8.19. The van der Waals surface area contributed by atoms with Crippen LogP contribution in [0, 0.1) is 11.8 Å². The third-order valence-corrected chi connectivity index (χ3v) is 6.11. The van der Waals surface area contributed by atoms with Crippen molar-refractivity contribution in [1.82, 2.24) is 10.2 Å². The van der Waals surface area contributed by atoms with Crippen LogP contribution in [-0.2, 0) is 47.5 Å². The van der Waals surface area contributed by atoms with Gasteiger partial charge in [0.2, 0.25) is 17.7 Å². The van der Waals surface area contributed by atoms with Gasteiger partial charge in [-0.05, 0) is 12.3 Å². The van der Waals surface area contributed by atoms with Crippen LogP contribution in [0.3, 0.4) is 0 Å². The van der Waals surface area contributed by atoms with Gasteiger partial charge in [-0.15, -0.1) is 0 Å². The largest absolute Gasteiger partial charge is 0.388 e. The number of hydrogen-bond donors (Lipinski definition) is 2. The number of carbonyl (C=O) groups is 3. The molecule has 1 aliphatic rings. The first-order chi connectivity index (χ1) is 19.3. The second-order valence-corrected chi connectivity index (χ2v) is 9.82. The average Bonchev–Trinajstić information content (AvgIpc) is 3.21. The molecule has 0 radical (unpaired) electrons. The van der Waals surface area contributed by atoms with E-state index >= 15 is 0 Å². The minimum Gasteiger partial charge on any atom is -0.388 e. The van der Waals surface area contributed by atoms with Crippen molar-refractivity contribution >= 4 is 17.7 Å². The van der Waals surface area contributed by atoms with E-state index in [0.29, 0.717) is 72.4 Å². The molecule has 1 rings (SSSR count). The van der Waals surface area contributed by atoms with E-state index in [1.54, 1.807) is 14.2 Å². The van der Waals surface area contributed by atoms with Crippen LogP contribution in [0.1, 0.15) is 33.1 Å². The molecule has 0 aromatic rings. The molecule has 13 nitrogen and oxygen atoms in total. The fourth-order valence-electron chi connectivity index (χ4n) is 3.79. The van der Waals surface area contributed by atoms with Crippen molar-refractivity contribution in [3.05, 3.63) is 0 Å². The summed E-state index contributed by atoms with van der Waals surface area (Å²) in [5, 5.41) is 12.7. The van der Waals surface area contributed by atoms with E-state index in [9.17, 15) is 19.5 Å². The van der Waals surface area contributed by atoms with Crippen LogP contribution in [0.5, 0.6) is 0 Å². The summed E-state index contributed by atoms with van der Waals surface area (Å²) in [7, 11) is 3.22. The first-order valence-corrected chi connectivity index (χ1v) is 14.0. The highest BCUT2D eigenvalue weighted by Crippen LogP contribution is 2.26. The highest BCUT2D eigenvalue weighted by atomic mass is 16.6. The lowest BCUT2D eigenvalue weighted by Gasteiger charge is -2.18. The Labute approximate surface area is 238 Å². The standard InChI is InChI=1S/C27H50N2O11/c1-21(2)24-16-26(32)29(27(24)33)8-6-25(31)28-7-5-9-36-17-22(30)18-37-13-14-39-20-23(40-15-11-35-4)19-38-12-10-34-3/h21-24,30H,5-20H2,1-4H3,(H,28,31). The third-order valence-electron chi connectivity index (χ3n) is 6.11. The number of aliphatic hydroxyl groups excluding tert-OH is 1. The Morgan fingerprint density at radius 2 is 1.48 bits per heavy atom. The van der Waals surface area contributed by atoms with Gasteiger partial charge >= 0.3 is 0 Å². The number of nitrogens with one attached hydrogen (secondary N) is 1. The van der Waals surface area contributed by atoms with Gasteiger partial charge < -0.3 is 43.6 Å². The molecular formula is C27H50N2O11. The molecule has 1 heterocycles. The Morgan fingerprint density at radius 1 is 0.900 bits per heavy atom. The van der Waals surface area contributed by atoms with Gasteiger partial charge in [-0.2, -0.15) is 0 Å². The molecule has 1 aliphatic heterocycles. The van der Waals surface area contributed by atoms with Crippen molar-refractivity contribution < 1.29 is 52.6 Å². The van der Waals surface area contributed by atoms with Crippen molar-refractivity contribution in [2.45, 2.75) is 45.3 Å². The van der Waals surface area contributed by atoms with E-state index < -0.39 is 6.10 Å². The first-order valence-electron chi connectivity index (χ1n) is 14.0. The summed E-state index contributed by atoms with van der Waals surface area (Å²) in [5.41, 5.74) is 0. The Kier molecular flexibility index (Phi) is 20.8. The van der Waals surface area contributed by atoms with Crippen LogP contribution >= 0.6 is 0 Å².